The van der Waals surface area contributed by atoms with Crippen LogP contribution in [-0.2, 0) is 4.79 Å². The summed E-state index contributed by atoms with van der Waals surface area (Å²) in [4.78, 5) is 14.6. The summed E-state index contributed by atoms with van der Waals surface area (Å²) in [5.74, 6) is 0.359. The van der Waals surface area contributed by atoms with Crippen LogP contribution in [0.5, 0.6) is 5.75 Å². The van der Waals surface area contributed by atoms with Gasteiger partial charge in [-0.25, -0.2) is 0 Å². The molecule has 1 aromatic heterocycles. The van der Waals surface area contributed by atoms with E-state index in [1.165, 1.54) is 0 Å². The van der Waals surface area contributed by atoms with Crippen LogP contribution in [0.2, 0.25) is 0 Å². The van der Waals surface area contributed by atoms with Crippen LogP contribution >= 0.6 is 15.9 Å². The highest BCUT2D eigenvalue weighted by Crippen LogP contribution is 2.25. The highest BCUT2D eigenvalue weighted by Gasteiger charge is 2.30. The number of hydrogen-bond acceptors (Lipinski definition) is 4. The molecule has 164 valence electrons. The van der Waals surface area contributed by atoms with E-state index in [9.17, 15) is 4.79 Å². The molecule has 0 saturated heterocycles. The van der Waals surface area contributed by atoms with Gasteiger partial charge in [0, 0.05) is 15.5 Å². The number of benzene rings is 4. The number of rotatable bonds is 5. The number of aromatic nitrogens is 3. The number of anilines is 1. The molecule has 7 heteroatoms. The van der Waals surface area contributed by atoms with Crippen molar-refractivity contribution in [2.75, 3.05) is 5.32 Å². The number of halogens is 1. The second-order valence-corrected chi connectivity index (χ2v) is 9.13. The fourth-order valence-corrected chi connectivity index (χ4v) is 3.87. The number of nitrogens with one attached hydrogen (secondary N) is 1. The zero-order valence-electron chi connectivity index (χ0n) is 18.1. The molecular formula is C26H21BrN4O2. The van der Waals surface area contributed by atoms with Crippen LogP contribution in [-0.4, -0.2) is 26.5 Å². The van der Waals surface area contributed by atoms with E-state index in [1.807, 2.05) is 66.7 Å². The van der Waals surface area contributed by atoms with Crippen molar-refractivity contribution in [3.8, 4) is 11.4 Å². The molecule has 0 fully saturated rings. The Morgan fingerprint density at radius 3 is 2.45 bits per heavy atom. The standard InChI is InChI=1S/C26H21BrN4O2/c1-26(2,33-20-13-10-18(27)11-14-20)25(32)28-19-12-15-22-23(16-19)30-31(29-22)24-9-5-7-17-6-3-4-8-21(17)24/h3-16H,1-2H3,(H,28,32). The van der Waals surface area contributed by atoms with Gasteiger partial charge >= 0.3 is 0 Å². The molecule has 6 nitrogen and oxygen atoms in total. The molecule has 1 amide bonds. The van der Waals surface area contributed by atoms with Gasteiger partial charge in [0.25, 0.3) is 5.91 Å². The largest absolute Gasteiger partial charge is 0.478 e. The van der Waals surface area contributed by atoms with Gasteiger partial charge in [-0.2, -0.15) is 0 Å². The first-order valence-corrected chi connectivity index (χ1v) is 11.3. The lowest BCUT2D eigenvalue weighted by Gasteiger charge is -2.25. The predicted molar refractivity (Wildman–Crippen MR) is 134 cm³/mol. The van der Waals surface area contributed by atoms with Crippen LogP contribution < -0.4 is 10.1 Å². The van der Waals surface area contributed by atoms with Gasteiger partial charge in [0.05, 0.1) is 5.69 Å². The van der Waals surface area contributed by atoms with Crippen LogP contribution in [0.3, 0.4) is 0 Å². The number of amides is 1. The van der Waals surface area contributed by atoms with E-state index in [0.29, 0.717) is 17.0 Å². The van der Waals surface area contributed by atoms with E-state index in [2.05, 4.69) is 49.6 Å². The molecule has 0 saturated carbocycles. The van der Waals surface area contributed by atoms with Crippen molar-refractivity contribution in [2.45, 2.75) is 19.4 Å². The smallest absolute Gasteiger partial charge is 0.267 e. The van der Waals surface area contributed by atoms with E-state index in [1.54, 1.807) is 18.6 Å². The molecule has 0 unspecified atom stereocenters. The van der Waals surface area contributed by atoms with Gasteiger partial charge < -0.3 is 10.1 Å². The first-order chi connectivity index (χ1) is 15.9. The number of nitrogens with zero attached hydrogens (tertiary/aromatic N) is 3. The van der Waals surface area contributed by atoms with Gasteiger partial charge in [-0.05, 0) is 67.8 Å². The van der Waals surface area contributed by atoms with Crippen molar-refractivity contribution < 1.29 is 9.53 Å². The van der Waals surface area contributed by atoms with E-state index in [-0.39, 0.29) is 5.91 Å². The fourth-order valence-electron chi connectivity index (χ4n) is 3.61. The average Bonchev–Trinajstić information content (AvgIpc) is 3.23. The van der Waals surface area contributed by atoms with Crippen molar-refractivity contribution in [1.82, 2.24) is 15.0 Å². The van der Waals surface area contributed by atoms with Crippen molar-refractivity contribution >= 4 is 49.3 Å². The molecule has 5 rings (SSSR count). The minimum Gasteiger partial charge on any atom is -0.478 e. The highest BCUT2D eigenvalue weighted by atomic mass is 79.9. The number of carbonyl (C=O) groups excluding carboxylic acids is 1. The van der Waals surface area contributed by atoms with E-state index in [4.69, 9.17) is 4.74 Å². The van der Waals surface area contributed by atoms with Gasteiger partial charge in [0.1, 0.15) is 16.8 Å². The number of carbonyl (C=O) groups is 1. The summed E-state index contributed by atoms with van der Waals surface area (Å²) in [6.07, 6.45) is 0. The van der Waals surface area contributed by atoms with Crippen molar-refractivity contribution in [2.24, 2.45) is 0 Å². The Morgan fingerprint density at radius 2 is 1.64 bits per heavy atom. The summed E-state index contributed by atoms with van der Waals surface area (Å²) in [7, 11) is 0. The van der Waals surface area contributed by atoms with Crippen molar-refractivity contribution in [3.05, 3.63) is 89.4 Å². The maximum atomic E-state index is 12.9. The number of fused-ring (bicyclic) bond motifs is 2. The molecular weight excluding hydrogens is 480 g/mol. The monoisotopic (exact) mass is 500 g/mol. The molecule has 0 bridgehead atoms. The Morgan fingerprint density at radius 1 is 0.909 bits per heavy atom. The van der Waals surface area contributed by atoms with Gasteiger partial charge in [-0.1, -0.05) is 52.3 Å². The van der Waals surface area contributed by atoms with Crippen molar-refractivity contribution in [1.29, 1.82) is 0 Å². The van der Waals surface area contributed by atoms with E-state index in [0.717, 1.165) is 26.4 Å². The van der Waals surface area contributed by atoms with Gasteiger partial charge in [0.2, 0.25) is 0 Å². The van der Waals surface area contributed by atoms with Crippen LogP contribution in [0, 0.1) is 0 Å². The normalized spacial score (nSPS) is 11.6. The fraction of sp³-hybridized carbons (Fsp3) is 0.115. The zero-order valence-corrected chi connectivity index (χ0v) is 19.7. The summed E-state index contributed by atoms with van der Waals surface area (Å²) >= 11 is 3.40. The van der Waals surface area contributed by atoms with Crippen LogP contribution in [0.1, 0.15) is 13.8 Å². The maximum absolute atomic E-state index is 12.9. The summed E-state index contributed by atoms with van der Waals surface area (Å²) in [6, 6.07) is 27.0. The lowest BCUT2D eigenvalue weighted by molar-refractivity contribution is -0.128. The molecule has 5 aromatic rings. The molecule has 33 heavy (non-hydrogen) atoms. The molecule has 0 radical (unpaired) electrons. The van der Waals surface area contributed by atoms with Gasteiger partial charge in [0.15, 0.2) is 5.60 Å². The molecule has 4 aromatic carbocycles. The third kappa shape index (κ3) is 4.32. The van der Waals surface area contributed by atoms with Gasteiger partial charge in [-0.15, -0.1) is 15.0 Å². The average molecular weight is 501 g/mol. The topological polar surface area (TPSA) is 69.0 Å². The summed E-state index contributed by atoms with van der Waals surface area (Å²) in [5.41, 5.74) is 1.89. The maximum Gasteiger partial charge on any atom is 0.267 e. The molecule has 1 N–H and O–H groups in total. The lowest BCUT2D eigenvalue weighted by atomic mass is 10.1. The molecule has 0 spiro atoms. The SMILES string of the molecule is CC(C)(Oc1ccc(Br)cc1)C(=O)Nc1ccc2nn(-c3cccc4ccccc34)nc2c1. The quantitative estimate of drug-likeness (QED) is 0.315. The molecule has 1 heterocycles. The summed E-state index contributed by atoms with van der Waals surface area (Å²) in [5, 5.41) is 14.4. The highest BCUT2D eigenvalue weighted by molar-refractivity contribution is 9.10. The minimum absolute atomic E-state index is 0.258. The van der Waals surface area contributed by atoms with Crippen LogP contribution in [0.15, 0.2) is 89.4 Å². The van der Waals surface area contributed by atoms with Crippen molar-refractivity contribution in [3.63, 3.8) is 0 Å². The van der Waals surface area contributed by atoms with E-state index < -0.39 is 5.60 Å². The zero-order chi connectivity index (χ0) is 23.0. The lowest BCUT2D eigenvalue weighted by Crippen LogP contribution is -2.42. The Balaban J connectivity index is 1.39. The first-order valence-electron chi connectivity index (χ1n) is 10.5. The van der Waals surface area contributed by atoms with Crippen LogP contribution in [0.25, 0.3) is 27.5 Å². The predicted octanol–water partition coefficient (Wildman–Crippen LogP) is 6.13. The second-order valence-electron chi connectivity index (χ2n) is 8.21. The summed E-state index contributed by atoms with van der Waals surface area (Å²) < 4.78 is 6.86. The summed E-state index contributed by atoms with van der Waals surface area (Å²) in [6.45, 7) is 3.47. The molecule has 0 atom stereocenters. The Labute approximate surface area is 199 Å². The number of hydrogen-bond donors (Lipinski definition) is 1. The minimum atomic E-state index is -1.07. The molecule has 0 aliphatic heterocycles. The molecule has 0 aliphatic rings. The van der Waals surface area contributed by atoms with Crippen LogP contribution in [0.4, 0.5) is 5.69 Å². The second kappa shape index (κ2) is 8.33. The molecule has 0 aliphatic carbocycles. The Bertz CT molecular complexity index is 1470. The third-order valence-corrected chi connectivity index (χ3v) is 5.88. The number of ether oxygens (including phenoxy) is 1. The Hall–Kier alpha value is -3.71. The Kier molecular flexibility index (Phi) is 5.34. The first kappa shape index (κ1) is 21.2. The van der Waals surface area contributed by atoms with E-state index >= 15 is 0 Å². The van der Waals surface area contributed by atoms with Gasteiger partial charge in [-0.3, -0.25) is 4.79 Å². The third-order valence-electron chi connectivity index (χ3n) is 5.35.